The van der Waals surface area contributed by atoms with E-state index in [2.05, 4.69) is 0 Å². The molecule has 0 bridgehead atoms. The maximum absolute atomic E-state index is 12.7. The molecule has 3 nitrogen and oxygen atoms in total. The van der Waals surface area contributed by atoms with Gasteiger partial charge in [-0.25, -0.2) is 0 Å². The van der Waals surface area contributed by atoms with Gasteiger partial charge in [0.1, 0.15) is 12.4 Å². The second-order valence-corrected chi connectivity index (χ2v) is 5.18. The van der Waals surface area contributed by atoms with Gasteiger partial charge in [-0.05, 0) is 18.2 Å². The van der Waals surface area contributed by atoms with Crippen molar-refractivity contribution in [2.45, 2.75) is 12.4 Å². The summed E-state index contributed by atoms with van der Waals surface area (Å²) in [4.78, 5) is 0. The van der Waals surface area contributed by atoms with Crippen LogP contribution in [0.5, 0.6) is 5.75 Å². The molecule has 1 saturated heterocycles. The summed E-state index contributed by atoms with van der Waals surface area (Å²) in [6.45, 7) is -0.302. The Hall–Kier alpha value is -1.48. The first kappa shape index (κ1) is 16.9. The Kier molecular flexibility index (Phi) is 4.31. The lowest BCUT2D eigenvalue weighted by Gasteiger charge is -2.39. The topological polar surface area (TPSA) is 38.7 Å². The van der Waals surface area contributed by atoms with Gasteiger partial charge in [0.2, 0.25) is 0 Å². The van der Waals surface area contributed by atoms with Gasteiger partial charge in [0.15, 0.2) is 0 Å². The van der Waals surface area contributed by atoms with Crippen LogP contribution in [0.3, 0.4) is 0 Å². The number of hydrogen-bond donors (Lipinski definition) is 1. The van der Waals surface area contributed by atoms with Gasteiger partial charge in [0.25, 0.3) is 0 Å². The number of hydrogen-bond acceptors (Lipinski definition) is 3. The Morgan fingerprint density at radius 1 is 1.00 bits per heavy atom. The summed E-state index contributed by atoms with van der Waals surface area (Å²) in [6, 6.07) is 1.03. The van der Waals surface area contributed by atoms with E-state index in [0.717, 1.165) is 0 Å². The van der Waals surface area contributed by atoms with E-state index in [4.69, 9.17) is 14.6 Å². The molecule has 2 rings (SSSR count). The van der Waals surface area contributed by atoms with Crippen LogP contribution in [0.15, 0.2) is 18.2 Å². The van der Waals surface area contributed by atoms with Crippen molar-refractivity contribution in [2.75, 3.05) is 26.4 Å². The second kappa shape index (κ2) is 5.62. The van der Waals surface area contributed by atoms with Crippen molar-refractivity contribution < 1.29 is 40.9 Å². The van der Waals surface area contributed by atoms with Gasteiger partial charge in [-0.15, -0.1) is 0 Å². The van der Waals surface area contributed by atoms with Gasteiger partial charge in [-0.2, -0.15) is 26.3 Å². The van der Waals surface area contributed by atoms with E-state index in [9.17, 15) is 26.3 Å². The molecule has 1 aliphatic rings. The van der Waals surface area contributed by atoms with E-state index in [1.165, 1.54) is 0 Å². The maximum atomic E-state index is 12.7. The van der Waals surface area contributed by atoms with E-state index in [0.29, 0.717) is 12.1 Å². The van der Waals surface area contributed by atoms with E-state index in [1.807, 2.05) is 0 Å². The quantitative estimate of drug-likeness (QED) is 0.862. The maximum Gasteiger partial charge on any atom is 0.416 e. The van der Waals surface area contributed by atoms with E-state index in [1.54, 1.807) is 0 Å². The Balaban J connectivity index is 2.26. The van der Waals surface area contributed by atoms with Crippen molar-refractivity contribution in [3.63, 3.8) is 0 Å². The highest BCUT2D eigenvalue weighted by molar-refractivity contribution is 5.37. The molecular weight excluding hydrogens is 318 g/mol. The Labute approximate surface area is 121 Å². The molecule has 0 aliphatic carbocycles. The van der Waals surface area contributed by atoms with Crippen molar-refractivity contribution in [2.24, 2.45) is 5.41 Å². The zero-order chi connectivity index (χ0) is 16.6. The van der Waals surface area contributed by atoms with Gasteiger partial charge in [-0.1, -0.05) is 0 Å². The highest BCUT2D eigenvalue weighted by Crippen LogP contribution is 2.38. The molecule has 0 saturated carbocycles. The molecule has 0 amide bonds. The molecular formula is C13H12F6O3. The zero-order valence-electron chi connectivity index (χ0n) is 11.1. The van der Waals surface area contributed by atoms with Crippen molar-refractivity contribution >= 4 is 0 Å². The van der Waals surface area contributed by atoms with Gasteiger partial charge in [0.05, 0.1) is 36.4 Å². The number of halogens is 6. The fourth-order valence-corrected chi connectivity index (χ4v) is 1.86. The summed E-state index contributed by atoms with van der Waals surface area (Å²) < 4.78 is 85.9. The molecule has 0 spiro atoms. The second-order valence-electron chi connectivity index (χ2n) is 5.18. The first-order valence-corrected chi connectivity index (χ1v) is 6.17. The summed E-state index contributed by atoms with van der Waals surface area (Å²) in [5.74, 6) is -0.554. The lowest BCUT2D eigenvalue weighted by Crippen LogP contribution is -2.49. The molecule has 1 aromatic rings. The minimum absolute atomic E-state index is 0.0289. The minimum atomic E-state index is -4.92. The summed E-state index contributed by atoms with van der Waals surface area (Å²) in [6.07, 6.45) is -9.85. The standard InChI is InChI=1S/C13H12F6O3/c14-12(15,16)8-1-9(13(17,18)19)3-10(2-8)22-7-11(4-20)5-21-6-11/h1-3,20H,4-7H2. The lowest BCUT2D eigenvalue weighted by molar-refractivity contribution is -0.154. The number of rotatable bonds is 4. The van der Waals surface area contributed by atoms with Crippen LogP contribution in [0.25, 0.3) is 0 Å². The summed E-state index contributed by atoms with van der Waals surface area (Å²) in [5.41, 5.74) is -3.67. The third-order valence-electron chi connectivity index (χ3n) is 3.26. The first-order chi connectivity index (χ1) is 10.1. The summed E-state index contributed by atoms with van der Waals surface area (Å²) in [7, 11) is 0. The van der Waals surface area contributed by atoms with Crippen LogP contribution in [0.1, 0.15) is 11.1 Å². The van der Waals surface area contributed by atoms with Gasteiger partial charge in [-0.3, -0.25) is 0 Å². The van der Waals surface area contributed by atoms with Crippen LogP contribution in [0.2, 0.25) is 0 Å². The largest absolute Gasteiger partial charge is 0.493 e. The average molecular weight is 330 g/mol. The summed E-state index contributed by atoms with van der Waals surface area (Å²) >= 11 is 0. The molecule has 0 radical (unpaired) electrons. The van der Waals surface area contributed by atoms with Crippen LogP contribution in [-0.4, -0.2) is 31.5 Å². The third-order valence-corrected chi connectivity index (χ3v) is 3.26. The van der Waals surface area contributed by atoms with Crippen LogP contribution < -0.4 is 4.74 Å². The minimum Gasteiger partial charge on any atom is -0.493 e. The molecule has 0 atom stereocenters. The fraction of sp³-hybridized carbons (Fsp3) is 0.538. The Morgan fingerprint density at radius 2 is 1.50 bits per heavy atom. The lowest BCUT2D eigenvalue weighted by atomic mass is 9.88. The smallest absolute Gasteiger partial charge is 0.416 e. The predicted molar refractivity (Wildman–Crippen MR) is 62.3 cm³/mol. The van der Waals surface area contributed by atoms with Crippen LogP contribution in [0.4, 0.5) is 26.3 Å². The molecule has 1 aliphatic heterocycles. The van der Waals surface area contributed by atoms with Gasteiger partial charge < -0.3 is 14.6 Å². The van der Waals surface area contributed by atoms with Crippen molar-refractivity contribution in [1.29, 1.82) is 0 Å². The number of benzene rings is 1. The SMILES string of the molecule is OCC1(COc2cc(C(F)(F)F)cc(C(F)(F)F)c2)COC1. The van der Waals surface area contributed by atoms with Gasteiger partial charge >= 0.3 is 12.4 Å². The van der Waals surface area contributed by atoms with E-state index in [-0.39, 0.29) is 32.5 Å². The van der Waals surface area contributed by atoms with Gasteiger partial charge in [0, 0.05) is 0 Å². The Bertz CT molecular complexity index is 496. The highest BCUT2D eigenvalue weighted by Gasteiger charge is 2.40. The van der Waals surface area contributed by atoms with E-state index >= 15 is 0 Å². The molecule has 9 heteroatoms. The van der Waals surface area contributed by atoms with Crippen molar-refractivity contribution in [3.05, 3.63) is 29.3 Å². The average Bonchev–Trinajstić information content (AvgIpc) is 2.35. The predicted octanol–water partition coefficient (Wildman–Crippen LogP) is 3.11. The van der Waals surface area contributed by atoms with E-state index < -0.39 is 34.6 Å². The molecule has 22 heavy (non-hydrogen) atoms. The van der Waals surface area contributed by atoms with Crippen LogP contribution in [-0.2, 0) is 17.1 Å². The molecule has 124 valence electrons. The monoisotopic (exact) mass is 330 g/mol. The Morgan fingerprint density at radius 3 is 1.82 bits per heavy atom. The number of aliphatic hydroxyl groups excluding tert-OH is 1. The molecule has 1 fully saturated rings. The number of alkyl halides is 6. The normalized spacial score (nSPS) is 18.0. The molecule has 1 heterocycles. The third kappa shape index (κ3) is 3.64. The zero-order valence-corrected chi connectivity index (χ0v) is 11.1. The highest BCUT2D eigenvalue weighted by atomic mass is 19.4. The molecule has 1 aromatic carbocycles. The molecule has 1 N–H and O–H groups in total. The van der Waals surface area contributed by atoms with Crippen LogP contribution in [0, 0.1) is 5.41 Å². The first-order valence-electron chi connectivity index (χ1n) is 6.17. The number of ether oxygens (including phenoxy) is 2. The molecule has 0 aromatic heterocycles. The van der Waals surface area contributed by atoms with Crippen molar-refractivity contribution in [1.82, 2.24) is 0 Å². The van der Waals surface area contributed by atoms with Crippen LogP contribution >= 0.6 is 0 Å². The summed E-state index contributed by atoms with van der Waals surface area (Å²) in [5, 5.41) is 9.16. The number of aliphatic hydroxyl groups is 1. The van der Waals surface area contributed by atoms with Crippen molar-refractivity contribution in [3.8, 4) is 5.75 Å². The fourth-order valence-electron chi connectivity index (χ4n) is 1.86. The molecule has 0 unspecified atom stereocenters.